The molecule has 31 heavy (non-hydrogen) atoms. The van der Waals surface area contributed by atoms with E-state index in [1.807, 2.05) is 0 Å². The Morgan fingerprint density at radius 1 is 0.839 bits per heavy atom. The summed E-state index contributed by atoms with van der Waals surface area (Å²) in [4.78, 5) is 10.6. The van der Waals surface area contributed by atoms with E-state index in [4.69, 9.17) is 14.4 Å². The first kappa shape index (κ1) is 30.0. The Morgan fingerprint density at radius 3 is 1.61 bits per heavy atom. The number of aliphatic imine (C=N–C) groups is 2. The molecule has 186 valence electrons. The van der Waals surface area contributed by atoms with Gasteiger partial charge in [-0.05, 0) is 75.9 Å². The van der Waals surface area contributed by atoms with Crippen molar-refractivity contribution in [2.45, 2.75) is 111 Å². The van der Waals surface area contributed by atoms with Crippen molar-refractivity contribution in [1.82, 2.24) is 0 Å². The Balaban J connectivity index is 0.00000151. The number of halogens is 2. The Morgan fingerprint density at radius 2 is 1.23 bits per heavy atom. The molecule has 2 saturated carbocycles. The van der Waals surface area contributed by atoms with Gasteiger partial charge in [0.2, 0.25) is 0 Å². The Hall–Kier alpha value is 0.970. The zero-order valence-corrected chi connectivity index (χ0v) is 26.2. The third kappa shape index (κ3) is 11.3. The van der Waals surface area contributed by atoms with Gasteiger partial charge >= 0.3 is 39.3 Å². The molecule has 2 aliphatic rings. The summed E-state index contributed by atoms with van der Waals surface area (Å²) in [6.45, 7) is 19.3. The standard InChI is InChI=1S/C24H46N2OSi.2BrH.Ni/c1-17-11-9-12-18(2)23(17)25-21(5)22(15-16-27-28(6,7)8)26-24-19(3)13-10-14-20(24)4;;;/h17-20,23-24H,9-16H2,1-8H3;2*1H;/q;;;+2/p-2. The first-order valence-corrected chi connectivity index (χ1v) is 20.4. The maximum atomic E-state index is 6.19. The van der Waals surface area contributed by atoms with E-state index in [0.717, 1.165) is 13.0 Å². The molecule has 7 heteroatoms. The van der Waals surface area contributed by atoms with Crippen LogP contribution in [-0.2, 0) is 15.3 Å². The molecule has 0 aromatic carbocycles. The molecule has 0 aromatic heterocycles. The van der Waals surface area contributed by atoms with Crippen LogP contribution in [0.5, 0.6) is 0 Å². The van der Waals surface area contributed by atoms with Crippen LogP contribution >= 0.6 is 28.5 Å². The number of rotatable bonds is 7. The summed E-state index contributed by atoms with van der Waals surface area (Å²) in [5.74, 6) is 2.73. The molecular weight excluding hydrogens is 579 g/mol. The zero-order chi connectivity index (χ0) is 23.6. The van der Waals surface area contributed by atoms with Crippen LogP contribution in [0.15, 0.2) is 9.98 Å². The summed E-state index contributed by atoms with van der Waals surface area (Å²) in [5, 5.41) is 0. The molecule has 2 rings (SSSR count). The topological polar surface area (TPSA) is 34.0 Å². The SMILES string of the molecule is CC(=NC1C(C)CCCC1C)C(CCO[Si](C)(C)C)=NC1C(C)CCCC1C.[Br][Ni][Br]. The fourth-order valence-corrected chi connectivity index (χ4v) is 5.82. The van der Waals surface area contributed by atoms with Gasteiger partial charge in [0.05, 0.1) is 23.5 Å². The van der Waals surface area contributed by atoms with Crippen LogP contribution in [0.1, 0.15) is 79.6 Å². The van der Waals surface area contributed by atoms with E-state index in [-0.39, 0.29) is 0 Å². The monoisotopic (exact) mass is 622 g/mol. The molecule has 0 aromatic rings. The number of hydrogen-bond acceptors (Lipinski definition) is 3. The van der Waals surface area contributed by atoms with Crippen molar-refractivity contribution in [1.29, 1.82) is 0 Å². The van der Waals surface area contributed by atoms with E-state index >= 15 is 0 Å². The molecule has 0 spiro atoms. The molecule has 2 aliphatic carbocycles. The van der Waals surface area contributed by atoms with Gasteiger partial charge in [-0.2, -0.15) is 0 Å². The van der Waals surface area contributed by atoms with Crippen LogP contribution < -0.4 is 0 Å². The minimum atomic E-state index is -1.50. The van der Waals surface area contributed by atoms with Crippen molar-refractivity contribution in [3.63, 3.8) is 0 Å². The molecule has 0 bridgehead atoms. The van der Waals surface area contributed by atoms with Gasteiger partial charge in [-0.1, -0.05) is 40.5 Å². The van der Waals surface area contributed by atoms with Gasteiger partial charge in [0.1, 0.15) is 0 Å². The van der Waals surface area contributed by atoms with Gasteiger partial charge in [0.25, 0.3) is 0 Å². The number of hydrogen-bond donors (Lipinski definition) is 0. The molecule has 4 unspecified atom stereocenters. The molecule has 0 saturated heterocycles. The average Bonchev–Trinajstić information content (AvgIpc) is 2.66. The van der Waals surface area contributed by atoms with Gasteiger partial charge in [-0.3, -0.25) is 9.98 Å². The van der Waals surface area contributed by atoms with Gasteiger partial charge in [-0.25, -0.2) is 0 Å². The average molecular weight is 625 g/mol. The molecule has 2 fully saturated rings. The molecule has 0 aliphatic heterocycles. The Kier molecular flexibility index (Phi) is 14.6. The second-order valence-corrected chi connectivity index (χ2v) is 20.3. The molecule has 0 amide bonds. The van der Waals surface area contributed by atoms with Gasteiger partial charge in [-0.15, -0.1) is 0 Å². The van der Waals surface area contributed by atoms with Crippen molar-refractivity contribution in [3.8, 4) is 0 Å². The van der Waals surface area contributed by atoms with Crippen LogP contribution in [0.25, 0.3) is 0 Å². The maximum absolute atomic E-state index is 6.19. The van der Waals surface area contributed by atoms with Gasteiger partial charge < -0.3 is 4.43 Å². The molecular formula is C24H46Br2N2NiOSi. The normalized spacial score (nSPS) is 33.1. The third-order valence-corrected chi connectivity index (χ3v) is 7.98. The summed E-state index contributed by atoms with van der Waals surface area (Å²) in [6, 6.07) is 0.903. The van der Waals surface area contributed by atoms with E-state index in [1.54, 1.807) is 0 Å². The minimum absolute atomic E-state index is 0.446. The Bertz CT molecular complexity index is 562. The van der Waals surface area contributed by atoms with Crippen molar-refractivity contribution in [2.24, 2.45) is 33.7 Å². The molecule has 0 radical (unpaired) electrons. The van der Waals surface area contributed by atoms with E-state index < -0.39 is 8.32 Å². The third-order valence-electron chi connectivity index (χ3n) is 6.91. The van der Waals surface area contributed by atoms with Crippen molar-refractivity contribution in [2.75, 3.05) is 6.61 Å². The summed E-state index contributed by atoms with van der Waals surface area (Å²) in [6.07, 6.45) is 8.86. The van der Waals surface area contributed by atoms with Crippen LogP contribution in [0.3, 0.4) is 0 Å². The molecule has 0 heterocycles. The van der Waals surface area contributed by atoms with Crippen molar-refractivity contribution >= 4 is 48.2 Å². The predicted octanol–water partition coefficient (Wildman–Crippen LogP) is 8.47. The Labute approximate surface area is 213 Å². The first-order chi connectivity index (χ1) is 14.5. The predicted molar refractivity (Wildman–Crippen MR) is 144 cm³/mol. The summed E-state index contributed by atoms with van der Waals surface area (Å²) >= 11 is 6.00. The van der Waals surface area contributed by atoms with Crippen LogP contribution in [0.2, 0.25) is 19.6 Å². The van der Waals surface area contributed by atoms with Crippen molar-refractivity contribution in [3.05, 3.63) is 0 Å². The summed E-state index contributed by atoms with van der Waals surface area (Å²) in [5.41, 5.74) is 2.39. The van der Waals surface area contributed by atoms with Crippen LogP contribution in [-0.4, -0.2) is 38.4 Å². The zero-order valence-electron chi connectivity index (χ0n) is 21.0. The first-order valence-electron chi connectivity index (χ1n) is 12.1. The summed E-state index contributed by atoms with van der Waals surface area (Å²) < 4.78 is 6.19. The fraction of sp³-hybridized carbons (Fsp3) is 0.917. The quantitative estimate of drug-likeness (QED) is 0.207. The van der Waals surface area contributed by atoms with E-state index in [1.165, 1.54) is 60.8 Å². The molecule has 4 atom stereocenters. The van der Waals surface area contributed by atoms with Crippen molar-refractivity contribution < 1.29 is 15.3 Å². The van der Waals surface area contributed by atoms with Crippen LogP contribution in [0.4, 0.5) is 0 Å². The molecule has 3 nitrogen and oxygen atoms in total. The number of nitrogens with zero attached hydrogens (tertiary/aromatic N) is 2. The van der Waals surface area contributed by atoms with E-state index in [2.05, 4.69) is 82.7 Å². The van der Waals surface area contributed by atoms with Gasteiger partial charge in [0.15, 0.2) is 8.32 Å². The fourth-order valence-electron chi connectivity index (χ4n) is 5.11. The van der Waals surface area contributed by atoms with Gasteiger partial charge in [0, 0.05) is 13.0 Å². The second kappa shape index (κ2) is 15.1. The van der Waals surface area contributed by atoms with Crippen LogP contribution in [0, 0.1) is 23.7 Å². The van der Waals surface area contributed by atoms with E-state index in [9.17, 15) is 0 Å². The molecule has 0 N–H and O–H groups in total. The van der Waals surface area contributed by atoms with E-state index in [0.29, 0.717) is 35.8 Å². The summed E-state index contributed by atoms with van der Waals surface area (Å²) in [7, 11) is -0.247. The second-order valence-electron chi connectivity index (χ2n) is 10.8.